The highest BCUT2D eigenvalue weighted by molar-refractivity contribution is 5.46. The first-order valence-electron chi connectivity index (χ1n) is 5.65. The monoisotopic (exact) mass is 240 g/mol. The third kappa shape index (κ3) is 2.86. The molecule has 0 spiro atoms. The van der Waals surface area contributed by atoms with Crippen LogP contribution in [0.1, 0.15) is 11.1 Å². The van der Waals surface area contributed by atoms with Crippen molar-refractivity contribution in [1.29, 1.82) is 5.26 Å². The summed E-state index contributed by atoms with van der Waals surface area (Å²) in [4.78, 5) is 1.94. The number of hydrogen-bond acceptors (Lipinski definition) is 2. The zero-order chi connectivity index (χ0) is 13.0. The molecule has 0 N–H and O–H groups in total. The third-order valence-corrected chi connectivity index (χ3v) is 2.72. The molecule has 2 nitrogen and oxygen atoms in total. The molecular weight excluding hydrogens is 227 g/mol. The normalized spacial score (nSPS) is 9.83. The summed E-state index contributed by atoms with van der Waals surface area (Å²) in [7, 11) is 1.90. The summed E-state index contributed by atoms with van der Waals surface area (Å²) in [6.07, 6.45) is 0. The molecule has 90 valence electrons. The maximum Gasteiger partial charge on any atom is 0.125 e. The van der Waals surface area contributed by atoms with Crippen molar-refractivity contribution in [3.05, 3.63) is 65.5 Å². The van der Waals surface area contributed by atoms with E-state index in [9.17, 15) is 4.39 Å². The van der Waals surface area contributed by atoms with Crippen LogP contribution >= 0.6 is 0 Å². The van der Waals surface area contributed by atoms with E-state index < -0.39 is 0 Å². The molecule has 0 aliphatic carbocycles. The molecule has 0 aliphatic heterocycles. The van der Waals surface area contributed by atoms with Crippen LogP contribution in [-0.4, -0.2) is 7.05 Å². The van der Waals surface area contributed by atoms with E-state index in [1.807, 2.05) is 36.2 Å². The van der Waals surface area contributed by atoms with Crippen LogP contribution in [0.3, 0.4) is 0 Å². The Morgan fingerprint density at radius 2 is 1.94 bits per heavy atom. The number of nitriles is 1. The minimum Gasteiger partial charge on any atom is -0.370 e. The molecule has 0 aromatic heterocycles. The van der Waals surface area contributed by atoms with Gasteiger partial charge in [-0.3, -0.25) is 0 Å². The smallest absolute Gasteiger partial charge is 0.125 e. The molecule has 0 saturated carbocycles. The number of benzene rings is 2. The molecule has 0 bridgehead atoms. The summed E-state index contributed by atoms with van der Waals surface area (Å²) in [5.74, 6) is -0.245. The highest BCUT2D eigenvalue weighted by Gasteiger charge is 2.03. The molecule has 2 rings (SSSR count). The number of nitrogens with zero attached hydrogens (tertiary/aromatic N) is 2. The Hall–Kier alpha value is -2.34. The number of anilines is 1. The fourth-order valence-electron chi connectivity index (χ4n) is 1.82. The molecule has 0 heterocycles. The van der Waals surface area contributed by atoms with Gasteiger partial charge in [-0.25, -0.2) is 4.39 Å². The average molecular weight is 240 g/mol. The van der Waals surface area contributed by atoms with E-state index >= 15 is 0 Å². The van der Waals surface area contributed by atoms with Gasteiger partial charge in [0.2, 0.25) is 0 Å². The summed E-state index contributed by atoms with van der Waals surface area (Å²) < 4.78 is 13.1. The molecule has 0 atom stereocenters. The molecule has 18 heavy (non-hydrogen) atoms. The van der Waals surface area contributed by atoms with Gasteiger partial charge in [0.05, 0.1) is 11.6 Å². The highest BCUT2D eigenvalue weighted by Crippen LogP contribution is 2.17. The van der Waals surface area contributed by atoms with E-state index in [1.54, 1.807) is 12.1 Å². The van der Waals surface area contributed by atoms with E-state index in [0.717, 1.165) is 11.3 Å². The Bertz CT molecular complexity index is 587. The van der Waals surface area contributed by atoms with Crippen LogP contribution in [0.2, 0.25) is 0 Å². The topological polar surface area (TPSA) is 27.0 Å². The lowest BCUT2D eigenvalue weighted by atomic mass is 10.1. The van der Waals surface area contributed by atoms with Crippen molar-refractivity contribution >= 4 is 5.69 Å². The fraction of sp³-hybridized carbons (Fsp3) is 0.133. The number of rotatable bonds is 3. The third-order valence-electron chi connectivity index (χ3n) is 2.72. The van der Waals surface area contributed by atoms with Gasteiger partial charge >= 0.3 is 0 Å². The van der Waals surface area contributed by atoms with Gasteiger partial charge in [-0.05, 0) is 35.9 Å². The number of hydrogen-bond donors (Lipinski definition) is 0. The SMILES string of the molecule is CN(Cc1cccc(C#N)c1)c1cccc(F)c1. The zero-order valence-corrected chi connectivity index (χ0v) is 10.1. The minimum atomic E-state index is -0.245. The second-order valence-corrected chi connectivity index (χ2v) is 4.15. The van der Waals surface area contributed by atoms with Crippen LogP contribution < -0.4 is 4.90 Å². The van der Waals surface area contributed by atoms with Gasteiger partial charge in [0, 0.05) is 19.3 Å². The van der Waals surface area contributed by atoms with E-state index in [1.165, 1.54) is 12.1 Å². The van der Waals surface area contributed by atoms with Gasteiger partial charge in [-0.1, -0.05) is 18.2 Å². The first-order chi connectivity index (χ1) is 8.69. The maximum atomic E-state index is 13.1. The van der Waals surface area contributed by atoms with Crippen LogP contribution in [0.25, 0.3) is 0 Å². The van der Waals surface area contributed by atoms with Gasteiger partial charge in [0.25, 0.3) is 0 Å². The molecule has 0 unspecified atom stereocenters. The predicted octanol–water partition coefficient (Wildman–Crippen LogP) is 3.33. The van der Waals surface area contributed by atoms with Crippen LogP contribution in [-0.2, 0) is 6.54 Å². The molecule has 0 fully saturated rings. The van der Waals surface area contributed by atoms with Crippen molar-refractivity contribution in [3.63, 3.8) is 0 Å². The van der Waals surface area contributed by atoms with Gasteiger partial charge in [0.1, 0.15) is 5.82 Å². The number of halogens is 1. The first kappa shape index (κ1) is 12.1. The Balaban J connectivity index is 2.16. The second-order valence-electron chi connectivity index (χ2n) is 4.15. The lowest BCUT2D eigenvalue weighted by Crippen LogP contribution is -2.16. The summed E-state index contributed by atoms with van der Waals surface area (Å²) in [5.41, 5.74) is 2.48. The van der Waals surface area contributed by atoms with E-state index in [0.29, 0.717) is 12.1 Å². The molecule has 0 amide bonds. The molecule has 2 aromatic carbocycles. The average Bonchev–Trinajstić information content (AvgIpc) is 2.39. The molecule has 3 heteroatoms. The van der Waals surface area contributed by atoms with Gasteiger partial charge in [-0.2, -0.15) is 5.26 Å². The van der Waals surface area contributed by atoms with Crippen molar-refractivity contribution in [2.24, 2.45) is 0 Å². The van der Waals surface area contributed by atoms with Crippen molar-refractivity contribution in [2.75, 3.05) is 11.9 Å². The van der Waals surface area contributed by atoms with Gasteiger partial charge < -0.3 is 4.90 Å². The first-order valence-corrected chi connectivity index (χ1v) is 5.65. The van der Waals surface area contributed by atoms with Crippen LogP contribution in [0.15, 0.2) is 48.5 Å². The van der Waals surface area contributed by atoms with Crippen molar-refractivity contribution in [2.45, 2.75) is 6.54 Å². The maximum absolute atomic E-state index is 13.1. The molecule has 0 radical (unpaired) electrons. The van der Waals surface area contributed by atoms with Crippen LogP contribution in [0.4, 0.5) is 10.1 Å². The summed E-state index contributed by atoms with van der Waals surface area (Å²) in [6, 6.07) is 16.0. The van der Waals surface area contributed by atoms with Gasteiger partial charge in [-0.15, -0.1) is 0 Å². The predicted molar refractivity (Wildman–Crippen MR) is 69.7 cm³/mol. The molecule has 0 saturated heterocycles. The largest absolute Gasteiger partial charge is 0.370 e. The van der Waals surface area contributed by atoms with Crippen molar-refractivity contribution in [3.8, 4) is 6.07 Å². The standard InChI is InChI=1S/C15H13FN2/c1-18(15-7-3-6-14(16)9-15)11-13-5-2-4-12(8-13)10-17/h2-9H,11H2,1H3. The zero-order valence-electron chi connectivity index (χ0n) is 10.1. The fourth-order valence-corrected chi connectivity index (χ4v) is 1.82. The van der Waals surface area contributed by atoms with E-state index in [-0.39, 0.29) is 5.82 Å². The summed E-state index contributed by atoms with van der Waals surface area (Å²) >= 11 is 0. The summed E-state index contributed by atoms with van der Waals surface area (Å²) in [5, 5.41) is 8.84. The molecule has 0 aliphatic rings. The second kappa shape index (κ2) is 5.33. The molecule has 2 aromatic rings. The lowest BCUT2D eigenvalue weighted by Gasteiger charge is -2.19. The quantitative estimate of drug-likeness (QED) is 0.822. The lowest BCUT2D eigenvalue weighted by molar-refractivity contribution is 0.627. The molecular formula is C15H13FN2. The minimum absolute atomic E-state index is 0.245. The van der Waals surface area contributed by atoms with Crippen LogP contribution in [0, 0.1) is 17.1 Å². The Kier molecular flexibility index (Phi) is 3.59. The van der Waals surface area contributed by atoms with Crippen molar-refractivity contribution in [1.82, 2.24) is 0 Å². The summed E-state index contributed by atoms with van der Waals surface area (Å²) in [6.45, 7) is 0.638. The Labute approximate surface area is 106 Å². The van der Waals surface area contributed by atoms with Gasteiger partial charge in [0.15, 0.2) is 0 Å². The van der Waals surface area contributed by atoms with E-state index in [2.05, 4.69) is 6.07 Å². The Morgan fingerprint density at radius 3 is 2.67 bits per heavy atom. The van der Waals surface area contributed by atoms with Crippen LogP contribution in [0.5, 0.6) is 0 Å². The Morgan fingerprint density at radius 1 is 1.17 bits per heavy atom. The van der Waals surface area contributed by atoms with E-state index in [4.69, 9.17) is 5.26 Å². The van der Waals surface area contributed by atoms with Crippen molar-refractivity contribution < 1.29 is 4.39 Å². The highest BCUT2D eigenvalue weighted by atomic mass is 19.1.